The minimum atomic E-state index is -0.697. The predicted octanol–water partition coefficient (Wildman–Crippen LogP) is 3.85. The van der Waals surface area contributed by atoms with Crippen LogP contribution in [-0.4, -0.2) is 47.7 Å². The van der Waals surface area contributed by atoms with Crippen LogP contribution in [0, 0.1) is 5.92 Å². The molecule has 1 heterocycles. The van der Waals surface area contributed by atoms with Gasteiger partial charge in [0.2, 0.25) is 0 Å². The maximum absolute atomic E-state index is 10.6. The van der Waals surface area contributed by atoms with E-state index in [9.17, 15) is 4.79 Å². The Morgan fingerprint density at radius 3 is 2.50 bits per heavy atom. The van der Waals surface area contributed by atoms with Gasteiger partial charge < -0.3 is 15.3 Å². The van der Waals surface area contributed by atoms with E-state index < -0.39 is 5.97 Å². The fourth-order valence-electron chi connectivity index (χ4n) is 3.68. The Morgan fingerprint density at radius 2 is 1.88 bits per heavy atom. The minimum Gasteiger partial charge on any atom is -0.481 e. The first-order valence-electron chi connectivity index (χ1n) is 9.05. The monoisotopic (exact) mass is 400 g/mol. The molecule has 0 amide bonds. The van der Waals surface area contributed by atoms with E-state index in [4.69, 9.17) is 5.11 Å². The number of nitrogens with one attached hydrogen (secondary N) is 1. The van der Waals surface area contributed by atoms with Crippen molar-refractivity contribution in [2.45, 2.75) is 44.7 Å². The molecule has 2 fully saturated rings. The molecule has 0 spiro atoms. The van der Waals surface area contributed by atoms with Gasteiger partial charge in [-0.25, -0.2) is 0 Å². The number of hydrogen-bond donors (Lipinski definition) is 2. The highest BCUT2D eigenvalue weighted by Gasteiger charge is 2.39. The average molecular weight is 401 g/mol. The SMILES string of the molecule is CC(=Cc1ccccc1)C1CC1NC1CCN(CCC(=O)O)CC1.Cl.Cl. The molecule has 6 heteroatoms. The molecule has 2 N–H and O–H groups in total. The van der Waals surface area contributed by atoms with Crippen molar-refractivity contribution in [2.75, 3.05) is 19.6 Å². The third-order valence-corrected chi connectivity index (χ3v) is 5.25. The van der Waals surface area contributed by atoms with Crippen LogP contribution in [0.2, 0.25) is 0 Å². The van der Waals surface area contributed by atoms with Gasteiger partial charge in [-0.2, -0.15) is 0 Å². The molecule has 146 valence electrons. The lowest BCUT2D eigenvalue weighted by Crippen LogP contribution is -2.44. The summed E-state index contributed by atoms with van der Waals surface area (Å²) in [7, 11) is 0. The second-order valence-corrected chi connectivity index (χ2v) is 7.17. The van der Waals surface area contributed by atoms with Crippen LogP contribution >= 0.6 is 24.8 Å². The van der Waals surface area contributed by atoms with Crippen molar-refractivity contribution in [3.05, 3.63) is 41.5 Å². The first kappa shape index (κ1) is 23.0. The summed E-state index contributed by atoms with van der Waals surface area (Å²) in [6.45, 7) is 4.96. The summed E-state index contributed by atoms with van der Waals surface area (Å²) in [4.78, 5) is 12.9. The van der Waals surface area contributed by atoms with Crippen LogP contribution in [0.1, 0.15) is 38.2 Å². The van der Waals surface area contributed by atoms with Crippen LogP contribution < -0.4 is 5.32 Å². The second kappa shape index (κ2) is 10.9. The van der Waals surface area contributed by atoms with E-state index in [0.29, 0.717) is 24.5 Å². The zero-order valence-electron chi connectivity index (χ0n) is 15.3. The summed E-state index contributed by atoms with van der Waals surface area (Å²) in [5.74, 6) is -0.0213. The third kappa shape index (κ3) is 6.92. The van der Waals surface area contributed by atoms with E-state index in [1.165, 1.54) is 17.6 Å². The van der Waals surface area contributed by atoms with Crippen molar-refractivity contribution < 1.29 is 9.90 Å². The van der Waals surface area contributed by atoms with Crippen molar-refractivity contribution in [3.8, 4) is 0 Å². The highest BCUT2D eigenvalue weighted by atomic mass is 35.5. The summed E-state index contributed by atoms with van der Waals surface area (Å²) in [5.41, 5.74) is 2.75. The van der Waals surface area contributed by atoms with Gasteiger partial charge in [0.05, 0.1) is 6.42 Å². The van der Waals surface area contributed by atoms with E-state index >= 15 is 0 Å². The molecular formula is C20H30Cl2N2O2. The van der Waals surface area contributed by atoms with Crippen molar-refractivity contribution >= 4 is 36.9 Å². The van der Waals surface area contributed by atoms with Gasteiger partial charge in [-0.15, -0.1) is 24.8 Å². The molecule has 2 aliphatic rings. The number of carboxylic acid groups (broad SMARTS) is 1. The van der Waals surface area contributed by atoms with Gasteiger partial charge in [-0.3, -0.25) is 4.79 Å². The molecule has 1 saturated heterocycles. The Balaban J connectivity index is 0.00000169. The van der Waals surface area contributed by atoms with Crippen molar-refractivity contribution in [1.29, 1.82) is 0 Å². The minimum absolute atomic E-state index is 0. The molecule has 0 radical (unpaired) electrons. The van der Waals surface area contributed by atoms with Gasteiger partial charge in [0.1, 0.15) is 0 Å². The van der Waals surface area contributed by atoms with Crippen LogP contribution in [0.3, 0.4) is 0 Å². The Morgan fingerprint density at radius 1 is 1.23 bits per heavy atom. The van der Waals surface area contributed by atoms with Crippen molar-refractivity contribution in [1.82, 2.24) is 10.2 Å². The number of nitrogens with zero attached hydrogens (tertiary/aromatic N) is 1. The number of aliphatic carboxylic acids is 1. The molecule has 1 aromatic rings. The topological polar surface area (TPSA) is 52.6 Å². The fourth-order valence-corrected chi connectivity index (χ4v) is 3.68. The van der Waals surface area contributed by atoms with E-state index in [1.807, 2.05) is 0 Å². The lowest BCUT2D eigenvalue weighted by molar-refractivity contribution is -0.137. The summed E-state index contributed by atoms with van der Waals surface area (Å²) in [5, 5.41) is 12.6. The van der Waals surface area contributed by atoms with Crippen LogP contribution in [0.15, 0.2) is 35.9 Å². The summed E-state index contributed by atoms with van der Waals surface area (Å²) < 4.78 is 0. The Bertz CT molecular complexity index is 587. The number of benzene rings is 1. The lowest BCUT2D eigenvalue weighted by Gasteiger charge is -2.32. The Kier molecular flexibility index (Phi) is 9.66. The first-order valence-corrected chi connectivity index (χ1v) is 9.05. The normalized spacial score (nSPS) is 23.7. The largest absolute Gasteiger partial charge is 0.481 e. The highest BCUT2D eigenvalue weighted by molar-refractivity contribution is 5.85. The molecule has 1 saturated carbocycles. The van der Waals surface area contributed by atoms with Crippen LogP contribution in [-0.2, 0) is 4.79 Å². The number of carboxylic acids is 1. The standard InChI is InChI=1S/C20H28N2O2.2ClH/c1-15(13-16-5-3-2-4-6-16)18-14-19(18)21-17-7-10-22(11-8-17)12-9-20(23)24;;/h2-6,13,17-19,21H,7-12,14H2,1H3,(H,23,24);2*1H. The molecule has 4 nitrogen and oxygen atoms in total. The van der Waals surface area contributed by atoms with Gasteiger partial charge in [-0.05, 0) is 50.8 Å². The van der Waals surface area contributed by atoms with E-state index in [0.717, 1.165) is 25.9 Å². The maximum atomic E-state index is 10.6. The molecule has 1 aliphatic heterocycles. The van der Waals surface area contributed by atoms with E-state index in [2.05, 4.69) is 53.5 Å². The molecule has 26 heavy (non-hydrogen) atoms. The molecule has 3 rings (SSSR count). The maximum Gasteiger partial charge on any atom is 0.304 e. The summed E-state index contributed by atoms with van der Waals surface area (Å²) in [6.07, 6.45) is 6.07. The predicted molar refractivity (Wildman–Crippen MR) is 111 cm³/mol. The molecular weight excluding hydrogens is 371 g/mol. The number of rotatable bonds is 7. The molecule has 2 atom stereocenters. The Hall–Kier alpha value is -1.07. The zero-order chi connectivity index (χ0) is 16.9. The van der Waals surface area contributed by atoms with Gasteiger partial charge in [0, 0.05) is 18.6 Å². The lowest BCUT2D eigenvalue weighted by atomic mass is 10.0. The quantitative estimate of drug-likeness (QED) is 0.729. The number of halogens is 2. The number of carbonyl (C=O) groups is 1. The smallest absolute Gasteiger partial charge is 0.304 e. The van der Waals surface area contributed by atoms with Gasteiger partial charge in [0.25, 0.3) is 0 Å². The fraction of sp³-hybridized carbons (Fsp3) is 0.550. The van der Waals surface area contributed by atoms with Crippen molar-refractivity contribution in [3.63, 3.8) is 0 Å². The third-order valence-electron chi connectivity index (χ3n) is 5.25. The molecule has 0 bridgehead atoms. The molecule has 2 unspecified atom stereocenters. The summed E-state index contributed by atoms with van der Waals surface area (Å²) >= 11 is 0. The van der Waals surface area contributed by atoms with Crippen LogP contribution in [0.5, 0.6) is 0 Å². The average Bonchev–Trinajstić information content (AvgIpc) is 3.34. The number of piperidine rings is 1. The van der Waals surface area contributed by atoms with Crippen LogP contribution in [0.4, 0.5) is 0 Å². The molecule has 1 aliphatic carbocycles. The highest BCUT2D eigenvalue weighted by Crippen LogP contribution is 2.38. The number of hydrogen-bond acceptors (Lipinski definition) is 3. The van der Waals surface area contributed by atoms with Crippen molar-refractivity contribution in [2.24, 2.45) is 5.92 Å². The van der Waals surface area contributed by atoms with Gasteiger partial charge in [-0.1, -0.05) is 42.0 Å². The Labute approximate surface area is 168 Å². The number of likely N-dealkylation sites (tertiary alicyclic amines) is 1. The zero-order valence-corrected chi connectivity index (χ0v) is 16.9. The van der Waals surface area contributed by atoms with E-state index in [-0.39, 0.29) is 31.2 Å². The van der Waals surface area contributed by atoms with Gasteiger partial charge in [0.15, 0.2) is 0 Å². The second-order valence-electron chi connectivity index (χ2n) is 7.17. The molecule has 1 aromatic carbocycles. The van der Waals surface area contributed by atoms with E-state index in [1.54, 1.807) is 0 Å². The first-order chi connectivity index (χ1) is 11.6. The summed E-state index contributed by atoms with van der Waals surface area (Å²) in [6, 6.07) is 11.7. The molecule has 0 aromatic heterocycles. The van der Waals surface area contributed by atoms with Crippen LogP contribution in [0.25, 0.3) is 6.08 Å². The van der Waals surface area contributed by atoms with Gasteiger partial charge >= 0.3 is 5.97 Å².